The minimum absolute atomic E-state index is 0.00278. The molecule has 30 heavy (non-hydrogen) atoms. The van der Waals surface area contributed by atoms with E-state index in [-0.39, 0.29) is 24.3 Å². The van der Waals surface area contributed by atoms with Gasteiger partial charge < -0.3 is 19.4 Å². The number of imide groups is 1. The van der Waals surface area contributed by atoms with Gasteiger partial charge in [-0.1, -0.05) is 0 Å². The van der Waals surface area contributed by atoms with E-state index in [1.807, 2.05) is 25.2 Å². The van der Waals surface area contributed by atoms with Gasteiger partial charge in [0, 0.05) is 47.5 Å². The van der Waals surface area contributed by atoms with Crippen molar-refractivity contribution in [1.29, 1.82) is 0 Å². The number of aromatic nitrogens is 2. The van der Waals surface area contributed by atoms with Crippen LogP contribution in [0.2, 0.25) is 0 Å². The third-order valence-electron chi connectivity index (χ3n) is 6.40. The van der Waals surface area contributed by atoms with Crippen molar-refractivity contribution in [3.63, 3.8) is 0 Å². The van der Waals surface area contributed by atoms with Crippen LogP contribution in [0.3, 0.4) is 0 Å². The maximum Gasteiger partial charge on any atom is 0.326 e. The molecule has 162 valence electrons. The van der Waals surface area contributed by atoms with Crippen molar-refractivity contribution in [2.75, 3.05) is 52.8 Å². The van der Waals surface area contributed by atoms with Crippen LogP contribution in [0.4, 0.5) is 10.7 Å². The van der Waals surface area contributed by atoms with Gasteiger partial charge in [0.15, 0.2) is 0 Å². The minimum atomic E-state index is -0.729. The molecule has 1 atom stereocenters. The molecular weight excluding hydrogens is 388 g/mol. The van der Waals surface area contributed by atoms with Crippen molar-refractivity contribution in [2.24, 2.45) is 0 Å². The molecule has 0 aromatic carbocycles. The van der Waals surface area contributed by atoms with Gasteiger partial charge in [0.05, 0.1) is 18.7 Å². The van der Waals surface area contributed by atoms with Gasteiger partial charge in [-0.25, -0.2) is 14.8 Å². The number of nitrogens with zero attached hydrogens (tertiary/aromatic N) is 6. The summed E-state index contributed by atoms with van der Waals surface area (Å²) in [5.41, 5.74) is 1.53. The molecule has 4 rings (SSSR count). The summed E-state index contributed by atoms with van der Waals surface area (Å²) in [5, 5.41) is 0. The van der Waals surface area contributed by atoms with Crippen molar-refractivity contribution in [3.8, 4) is 0 Å². The Morgan fingerprint density at radius 3 is 2.57 bits per heavy atom. The lowest BCUT2D eigenvalue weighted by Gasteiger charge is -2.44. The molecule has 1 aromatic heterocycles. The Kier molecular flexibility index (Phi) is 5.13. The maximum absolute atomic E-state index is 12.9. The first-order valence-corrected chi connectivity index (χ1v) is 10.2. The van der Waals surface area contributed by atoms with Crippen molar-refractivity contribution < 1.29 is 19.1 Å². The Hall–Kier alpha value is -2.75. The number of ether oxygens (including phenoxy) is 1. The number of hydrogen-bond acceptors (Lipinski definition) is 7. The molecule has 1 aromatic rings. The zero-order chi connectivity index (χ0) is 21.6. The first-order chi connectivity index (χ1) is 14.2. The van der Waals surface area contributed by atoms with E-state index in [2.05, 4.69) is 4.98 Å². The number of rotatable bonds is 3. The highest BCUT2D eigenvalue weighted by Gasteiger charge is 2.46. The third-order valence-corrected chi connectivity index (χ3v) is 6.40. The van der Waals surface area contributed by atoms with Gasteiger partial charge in [0.25, 0.3) is 5.91 Å². The standard InChI is InChI=1S/C20H28N6O4/c1-23(2)18-21-12-13-5-10-30-20(16(13)22-18)6-8-26(9-7-20)15(27)11-14-17(28)25(4)19(29)24(14)3/h12,14H,5-11H2,1-4H3. The highest BCUT2D eigenvalue weighted by atomic mass is 16.5. The number of amides is 4. The summed E-state index contributed by atoms with van der Waals surface area (Å²) in [7, 11) is 6.81. The van der Waals surface area contributed by atoms with Crippen LogP contribution in [-0.4, -0.2) is 96.4 Å². The predicted molar refractivity (Wildman–Crippen MR) is 108 cm³/mol. The molecule has 0 bridgehead atoms. The van der Waals surface area contributed by atoms with E-state index in [1.165, 1.54) is 11.9 Å². The van der Waals surface area contributed by atoms with Gasteiger partial charge in [-0.3, -0.25) is 14.5 Å². The molecule has 10 heteroatoms. The van der Waals surface area contributed by atoms with Gasteiger partial charge in [-0.15, -0.1) is 0 Å². The smallest absolute Gasteiger partial charge is 0.326 e. The lowest BCUT2D eigenvalue weighted by molar-refractivity contribution is -0.144. The zero-order valence-electron chi connectivity index (χ0n) is 17.9. The number of fused-ring (bicyclic) bond motifs is 2. The first kappa shape index (κ1) is 20.5. The number of likely N-dealkylation sites (N-methyl/N-ethyl adjacent to an activating group) is 2. The highest BCUT2D eigenvalue weighted by Crippen LogP contribution is 2.41. The SMILES string of the molecule is CN1C(=O)C(CC(=O)N2CCC3(CC2)OCCc2cnc(N(C)C)nc23)N(C)C1=O. The molecule has 0 saturated carbocycles. The summed E-state index contributed by atoms with van der Waals surface area (Å²) in [5.74, 6) is 0.196. The van der Waals surface area contributed by atoms with Crippen LogP contribution in [0, 0.1) is 0 Å². The molecule has 2 fully saturated rings. The predicted octanol–water partition coefficient (Wildman–Crippen LogP) is 0.216. The fraction of sp³-hybridized carbons (Fsp3) is 0.650. The monoisotopic (exact) mass is 416 g/mol. The minimum Gasteiger partial charge on any atom is -0.368 e. The number of carbonyl (C=O) groups is 3. The average Bonchev–Trinajstić information content (AvgIpc) is 2.92. The van der Waals surface area contributed by atoms with Crippen molar-refractivity contribution in [3.05, 3.63) is 17.5 Å². The highest BCUT2D eigenvalue weighted by molar-refractivity contribution is 6.05. The Balaban J connectivity index is 1.46. The number of carbonyl (C=O) groups excluding carboxylic acids is 3. The van der Waals surface area contributed by atoms with E-state index in [9.17, 15) is 14.4 Å². The molecule has 1 spiro atoms. The van der Waals surface area contributed by atoms with Crippen LogP contribution in [0.25, 0.3) is 0 Å². The van der Waals surface area contributed by atoms with Crippen LogP contribution in [0.5, 0.6) is 0 Å². The lowest BCUT2D eigenvalue weighted by Crippen LogP contribution is -2.50. The molecule has 3 aliphatic rings. The molecule has 0 aliphatic carbocycles. The third kappa shape index (κ3) is 3.28. The summed E-state index contributed by atoms with van der Waals surface area (Å²) in [6, 6.07) is -1.10. The Morgan fingerprint density at radius 1 is 1.27 bits per heavy atom. The number of anilines is 1. The van der Waals surface area contributed by atoms with Crippen LogP contribution < -0.4 is 4.90 Å². The fourth-order valence-corrected chi connectivity index (χ4v) is 4.49. The van der Waals surface area contributed by atoms with Crippen molar-refractivity contribution in [1.82, 2.24) is 24.7 Å². The molecule has 3 aliphatic heterocycles. The quantitative estimate of drug-likeness (QED) is 0.650. The van der Waals surface area contributed by atoms with E-state index >= 15 is 0 Å². The summed E-state index contributed by atoms with van der Waals surface area (Å²) in [6.45, 7) is 1.66. The van der Waals surface area contributed by atoms with Crippen molar-refractivity contribution >= 4 is 23.8 Å². The fourth-order valence-electron chi connectivity index (χ4n) is 4.49. The molecular formula is C20H28N6O4. The molecule has 1 unspecified atom stereocenters. The second kappa shape index (κ2) is 7.50. The van der Waals surface area contributed by atoms with E-state index in [0.717, 1.165) is 22.6 Å². The van der Waals surface area contributed by atoms with Crippen molar-refractivity contribution in [2.45, 2.75) is 37.3 Å². The number of urea groups is 1. The van der Waals surface area contributed by atoms with E-state index in [1.54, 1.807) is 11.9 Å². The second-order valence-corrected chi connectivity index (χ2v) is 8.42. The van der Waals surface area contributed by atoms with Gasteiger partial charge in [-0.05, 0) is 24.8 Å². The molecule has 4 amide bonds. The average molecular weight is 416 g/mol. The molecule has 10 nitrogen and oxygen atoms in total. The number of likely N-dealkylation sites (tertiary alicyclic amines) is 1. The van der Waals surface area contributed by atoms with E-state index < -0.39 is 11.6 Å². The molecule has 0 N–H and O–H groups in total. The Bertz CT molecular complexity index is 880. The van der Waals surface area contributed by atoms with Crippen LogP contribution >= 0.6 is 0 Å². The largest absolute Gasteiger partial charge is 0.368 e. The summed E-state index contributed by atoms with van der Waals surface area (Å²) < 4.78 is 6.23. The normalized spacial score (nSPS) is 23.2. The topological polar surface area (TPSA) is 99.2 Å². The summed E-state index contributed by atoms with van der Waals surface area (Å²) in [6.07, 6.45) is 3.95. The van der Waals surface area contributed by atoms with Gasteiger partial charge in [0.1, 0.15) is 11.6 Å². The van der Waals surface area contributed by atoms with Crippen LogP contribution in [0.1, 0.15) is 30.5 Å². The zero-order valence-corrected chi connectivity index (χ0v) is 17.9. The summed E-state index contributed by atoms with van der Waals surface area (Å²) in [4.78, 5) is 52.3. The lowest BCUT2D eigenvalue weighted by atomic mass is 9.83. The van der Waals surface area contributed by atoms with Crippen LogP contribution in [-0.2, 0) is 26.3 Å². The Morgan fingerprint density at radius 2 is 1.97 bits per heavy atom. The van der Waals surface area contributed by atoms with E-state index in [0.29, 0.717) is 38.5 Å². The Labute approximate surface area is 175 Å². The van der Waals surface area contributed by atoms with E-state index in [4.69, 9.17) is 9.72 Å². The van der Waals surface area contributed by atoms with Gasteiger partial charge >= 0.3 is 6.03 Å². The summed E-state index contributed by atoms with van der Waals surface area (Å²) >= 11 is 0. The number of piperidine rings is 1. The molecule has 4 heterocycles. The first-order valence-electron chi connectivity index (χ1n) is 10.2. The number of hydrogen-bond donors (Lipinski definition) is 0. The molecule has 0 radical (unpaired) electrons. The van der Waals surface area contributed by atoms with Gasteiger partial charge in [0.2, 0.25) is 11.9 Å². The maximum atomic E-state index is 12.9. The molecule has 2 saturated heterocycles. The second-order valence-electron chi connectivity index (χ2n) is 8.42. The van der Waals surface area contributed by atoms with Gasteiger partial charge in [-0.2, -0.15) is 0 Å². The van der Waals surface area contributed by atoms with Crippen LogP contribution in [0.15, 0.2) is 6.20 Å².